The number of hydrogen-bond donors (Lipinski definition) is 1. The molecular weight excluding hydrogens is 202 g/mol. The lowest BCUT2D eigenvalue weighted by molar-refractivity contribution is 0.0335. The first-order valence-corrected chi connectivity index (χ1v) is 5.80. The van der Waals surface area contributed by atoms with E-state index < -0.39 is 0 Å². The Morgan fingerprint density at radius 3 is 2.94 bits per heavy atom. The van der Waals surface area contributed by atoms with Crippen LogP contribution >= 0.6 is 0 Å². The monoisotopic (exact) mass is 221 g/mol. The Kier molecular flexibility index (Phi) is 3.46. The molecule has 0 aromatic heterocycles. The highest BCUT2D eigenvalue weighted by Crippen LogP contribution is 2.32. The van der Waals surface area contributed by atoms with Crippen molar-refractivity contribution in [2.45, 2.75) is 31.9 Å². The van der Waals surface area contributed by atoms with Gasteiger partial charge in [0.25, 0.3) is 0 Å². The van der Waals surface area contributed by atoms with Gasteiger partial charge in [-0.1, -0.05) is 6.07 Å². The minimum absolute atomic E-state index is 0.00499. The number of aryl methyl sites for hydroxylation is 1. The van der Waals surface area contributed by atoms with E-state index in [0.717, 1.165) is 25.2 Å². The fourth-order valence-corrected chi connectivity index (χ4v) is 2.33. The Morgan fingerprint density at radius 2 is 2.25 bits per heavy atom. The number of benzene rings is 1. The summed E-state index contributed by atoms with van der Waals surface area (Å²) in [4.78, 5) is 0. The van der Waals surface area contributed by atoms with Gasteiger partial charge in [0.2, 0.25) is 0 Å². The number of methoxy groups -OCH3 is 1. The third kappa shape index (κ3) is 2.06. The quantitative estimate of drug-likeness (QED) is 0.849. The van der Waals surface area contributed by atoms with Crippen molar-refractivity contribution in [3.8, 4) is 5.75 Å². The molecule has 0 aliphatic heterocycles. The normalized spacial score (nSPS) is 23.9. The summed E-state index contributed by atoms with van der Waals surface area (Å²) in [5.41, 5.74) is 8.70. The Balaban J connectivity index is 2.24. The lowest BCUT2D eigenvalue weighted by Gasteiger charge is -2.30. The van der Waals surface area contributed by atoms with Crippen molar-refractivity contribution < 1.29 is 9.47 Å². The van der Waals surface area contributed by atoms with Crippen molar-refractivity contribution >= 4 is 0 Å². The van der Waals surface area contributed by atoms with E-state index in [1.165, 1.54) is 11.1 Å². The molecule has 0 saturated carbocycles. The molecule has 0 saturated heterocycles. The first-order valence-electron chi connectivity index (χ1n) is 5.80. The van der Waals surface area contributed by atoms with Crippen molar-refractivity contribution in [1.29, 1.82) is 0 Å². The molecular formula is C13H19NO2. The molecule has 0 fully saturated rings. The summed E-state index contributed by atoms with van der Waals surface area (Å²) >= 11 is 0. The summed E-state index contributed by atoms with van der Waals surface area (Å²) in [6.45, 7) is 2.74. The predicted molar refractivity (Wildman–Crippen MR) is 63.7 cm³/mol. The van der Waals surface area contributed by atoms with Gasteiger partial charge in [0, 0.05) is 6.61 Å². The average molecular weight is 221 g/mol. The summed E-state index contributed by atoms with van der Waals surface area (Å²) in [5.74, 6) is 0.904. The van der Waals surface area contributed by atoms with Gasteiger partial charge >= 0.3 is 0 Å². The van der Waals surface area contributed by atoms with E-state index >= 15 is 0 Å². The molecule has 1 aliphatic rings. The van der Waals surface area contributed by atoms with Gasteiger partial charge < -0.3 is 15.2 Å². The van der Waals surface area contributed by atoms with Gasteiger partial charge in [-0.25, -0.2) is 0 Å². The zero-order chi connectivity index (χ0) is 11.5. The van der Waals surface area contributed by atoms with Gasteiger partial charge in [-0.2, -0.15) is 0 Å². The Labute approximate surface area is 96.5 Å². The van der Waals surface area contributed by atoms with E-state index in [1.807, 2.05) is 13.0 Å². The molecule has 2 rings (SSSR count). The van der Waals surface area contributed by atoms with Crippen LogP contribution in [0.3, 0.4) is 0 Å². The van der Waals surface area contributed by atoms with Gasteiger partial charge in [-0.05, 0) is 43.0 Å². The lowest BCUT2D eigenvalue weighted by Crippen LogP contribution is -2.33. The SMILES string of the molecule is CCOC1CCc2cc(OC)ccc2C1N. The fraction of sp³-hybridized carbons (Fsp3) is 0.538. The van der Waals surface area contributed by atoms with E-state index in [2.05, 4.69) is 12.1 Å². The second-order valence-electron chi connectivity index (χ2n) is 4.12. The zero-order valence-electron chi connectivity index (χ0n) is 9.90. The highest BCUT2D eigenvalue weighted by molar-refractivity contribution is 5.39. The van der Waals surface area contributed by atoms with E-state index in [0.29, 0.717) is 0 Å². The van der Waals surface area contributed by atoms with E-state index in [1.54, 1.807) is 7.11 Å². The van der Waals surface area contributed by atoms with Gasteiger partial charge in [-0.3, -0.25) is 0 Å². The van der Waals surface area contributed by atoms with Crippen LogP contribution in [-0.4, -0.2) is 19.8 Å². The topological polar surface area (TPSA) is 44.5 Å². The van der Waals surface area contributed by atoms with Crippen molar-refractivity contribution in [1.82, 2.24) is 0 Å². The fourth-order valence-electron chi connectivity index (χ4n) is 2.33. The van der Waals surface area contributed by atoms with Gasteiger partial charge in [0.05, 0.1) is 19.3 Å². The maximum atomic E-state index is 6.20. The van der Waals surface area contributed by atoms with Crippen LogP contribution in [0.25, 0.3) is 0 Å². The molecule has 1 aliphatic carbocycles. The van der Waals surface area contributed by atoms with Crippen LogP contribution in [0.4, 0.5) is 0 Å². The highest BCUT2D eigenvalue weighted by Gasteiger charge is 2.27. The minimum Gasteiger partial charge on any atom is -0.497 e. The van der Waals surface area contributed by atoms with E-state index in [-0.39, 0.29) is 12.1 Å². The molecule has 88 valence electrons. The maximum Gasteiger partial charge on any atom is 0.119 e. The van der Waals surface area contributed by atoms with E-state index in [9.17, 15) is 0 Å². The highest BCUT2D eigenvalue weighted by atomic mass is 16.5. The second-order valence-corrected chi connectivity index (χ2v) is 4.12. The molecule has 3 heteroatoms. The first kappa shape index (κ1) is 11.4. The predicted octanol–water partition coefficient (Wildman–Crippen LogP) is 2.05. The smallest absolute Gasteiger partial charge is 0.119 e. The number of fused-ring (bicyclic) bond motifs is 1. The molecule has 0 radical (unpaired) electrons. The first-order chi connectivity index (χ1) is 7.76. The number of rotatable bonds is 3. The van der Waals surface area contributed by atoms with Gasteiger partial charge in [0.15, 0.2) is 0 Å². The average Bonchev–Trinajstić information content (AvgIpc) is 2.32. The van der Waals surface area contributed by atoms with Crippen LogP contribution in [0.15, 0.2) is 18.2 Å². The maximum absolute atomic E-state index is 6.20. The van der Waals surface area contributed by atoms with Gasteiger partial charge in [-0.15, -0.1) is 0 Å². The largest absolute Gasteiger partial charge is 0.497 e. The third-order valence-electron chi connectivity index (χ3n) is 3.19. The molecule has 0 bridgehead atoms. The van der Waals surface area contributed by atoms with Crippen LogP contribution in [0.2, 0.25) is 0 Å². The molecule has 2 N–H and O–H groups in total. The van der Waals surface area contributed by atoms with Crippen LogP contribution in [-0.2, 0) is 11.2 Å². The Bertz CT molecular complexity index is 365. The molecule has 16 heavy (non-hydrogen) atoms. The van der Waals surface area contributed by atoms with Crippen LogP contribution in [0, 0.1) is 0 Å². The van der Waals surface area contributed by atoms with Crippen LogP contribution < -0.4 is 10.5 Å². The third-order valence-corrected chi connectivity index (χ3v) is 3.19. The molecule has 3 nitrogen and oxygen atoms in total. The summed E-state index contributed by atoms with van der Waals surface area (Å²) in [5, 5.41) is 0. The van der Waals surface area contributed by atoms with Crippen LogP contribution in [0.5, 0.6) is 5.75 Å². The molecule has 2 unspecified atom stereocenters. The van der Waals surface area contributed by atoms with Crippen molar-refractivity contribution in [2.75, 3.05) is 13.7 Å². The lowest BCUT2D eigenvalue weighted by atomic mass is 9.86. The number of hydrogen-bond acceptors (Lipinski definition) is 3. The summed E-state index contributed by atoms with van der Waals surface area (Å²) in [6, 6.07) is 6.10. The zero-order valence-corrected chi connectivity index (χ0v) is 9.90. The van der Waals surface area contributed by atoms with Crippen molar-refractivity contribution in [2.24, 2.45) is 5.73 Å². The summed E-state index contributed by atoms with van der Waals surface area (Å²) in [6.07, 6.45) is 2.17. The van der Waals surface area contributed by atoms with Gasteiger partial charge in [0.1, 0.15) is 5.75 Å². The number of nitrogens with two attached hydrogens (primary N) is 1. The number of ether oxygens (including phenoxy) is 2. The van der Waals surface area contributed by atoms with Crippen molar-refractivity contribution in [3.05, 3.63) is 29.3 Å². The van der Waals surface area contributed by atoms with Crippen LogP contribution in [0.1, 0.15) is 30.5 Å². The molecule has 1 aromatic rings. The summed E-state index contributed by atoms with van der Waals surface area (Å²) in [7, 11) is 1.69. The second kappa shape index (κ2) is 4.85. The molecule has 2 atom stereocenters. The Hall–Kier alpha value is -1.06. The standard InChI is InChI=1S/C13H19NO2/c1-3-16-12-7-4-9-8-10(15-2)5-6-11(9)13(12)14/h5-6,8,12-13H,3-4,7,14H2,1-2H3. The molecule has 0 heterocycles. The van der Waals surface area contributed by atoms with E-state index in [4.69, 9.17) is 15.2 Å². The van der Waals surface area contributed by atoms with Crippen molar-refractivity contribution in [3.63, 3.8) is 0 Å². The molecule has 1 aromatic carbocycles. The summed E-state index contributed by atoms with van der Waals surface area (Å²) < 4.78 is 10.9. The Morgan fingerprint density at radius 1 is 1.44 bits per heavy atom. The molecule has 0 spiro atoms. The minimum atomic E-state index is -0.00499. The molecule has 0 amide bonds.